The lowest BCUT2D eigenvalue weighted by atomic mass is 10.1. The fraction of sp³-hybridized carbons (Fsp3) is 0.385. The molecular weight excluding hydrogens is 285 g/mol. The maximum Gasteiger partial charge on any atom is 0.416 e. The maximum absolute atomic E-state index is 12.4. The molecule has 0 aliphatic rings. The summed E-state index contributed by atoms with van der Waals surface area (Å²) in [5.74, 6) is 0. The number of aromatic nitrogens is 3. The Bertz CT molecular complexity index is 566. The highest BCUT2D eigenvalue weighted by Crippen LogP contribution is 2.28. The molecule has 1 aromatic heterocycles. The smallest absolute Gasteiger partial charge is 0.394 e. The van der Waals surface area contributed by atoms with Crippen LogP contribution < -0.4 is 5.32 Å². The zero-order valence-corrected chi connectivity index (χ0v) is 11.1. The van der Waals surface area contributed by atoms with Crippen molar-refractivity contribution in [3.63, 3.8) is 0 Å². The van der Waals surface area contributed by atoms with E-state index in [-0.39, 0.29) is 6.61 Å². The second kappa shape index (κ2) is 6.68. The molecule has 0 aliphatic carbocycles. The average molecular weight is 300 g/mol. The molecule has 1 heterocycles. The van der Waals surface area contributed by atoms with Gasteiger partial charge in [-0.05, 0) is 17.7 Å². The van der Waals surface area contributed by atoms with Crippen molar-refractivity contribution >= 4 is 0 Å². The lowest BCUT2D eigenvalue weighted by Gasteiger charge is -2.08. The number of aliphatic hydroxyl groups is 1. The van der Waals surface area contributed by atoms with Crippen LogP contribution in [0.25, 0.3) is 0 Å². The Labute approximate surface area is 119 Å². The Balaban J connectivity index is 1.82. The van der Waals surface area contributed by atoms with E-state index in [1.165, 1.54) is 16.8 Å². The summed E-state index contributed by atoms with van der Waals surface area (Å²) in [7, 11) is 0. The molecule has 2 N–H and O–H groups in total. The Hall–Kier alpha value is -1.93. The van der Waals surface area contributed by atoms with Gasteiger partial charge in [0.25, 0.3) is 0 Å². The average Bonchev–Trinajstić information content (AvgIpc) is 2.86. The first-order valence-electron chi connectivity index (χ1n) is 6.36. The van der Waals surface area contributed by atoms with Gasteiger partial charge >= 0.3 is 6.18 Å². The Morgan fingerprint density at radius 2 is 1.86 bits per heavy atom. The summed E-state index contributed by atoms with van der Waals surface area (Å²) in [6, 6.07) is 5.01. The minimum atomic E-state index is -4.31. The fourth-order valence-corrected chi connectivity index (χ4v) is 1.78. The van der Waals surface area contributed by atoms with Crippen molar-refractivity contribution in [1.82, 2.24) is 20.3 Å². The van der Waals surface area contributed by atoms with E-state index >= 15 is 0 Å². The van der Waals surface area contributed by atoms with Gasteiger partial charge in [0, 0.05) is 19.3 Å². The molecule has 0 saturated heterocycles. The van der Waals surface area contributed by atoms with E-state index in [2.05, 4.69) is 15.6 Å². The van der Waals surface area contributed by atoms with Crippen molar-refractivity contribution in [3.05, 3.63) is 47.3 Å². The number of nitrogens with one attached hydrogen (secondary N) is 1. The van der Waals surface area contributed by atoms with Crippen LogP contribution in [0.5, 0.6) is 0 Å². The standard InChI is InChI=1S/C13H15F3N4O/c14-13(15,16)11-3-1-10(2-4-11)7-17-8-12-9-20(5-6-21)19-18-12/h1-4,9,17,21H,5-8H2. The second-order valence-electron chi connectivity index (χ2n) is 4.49. The Kier molecular flexibility index (Phi) is 4.92. The monoisotopic (exact) mass is 300 g/mol. The lowest BCUT2D eigenvalue weighted by Crippen LogP contribution is -2.13. The van der Waals surface area contributed by atoms with Crippen LogP contribution in [0.4, 0.5) is 13.2 Å². The largest absolute Gasteiger partial charge is 0.416 e. The summed E-state index contributed by atoms with van der Waals surface area (Å²) in [5.41, 5.74) is 0.805. The number of benzene rings is 1. The second-order valence-corrected chi connectivity index (χ2v) is 4.49. The van der Waals surface area contributed by atoms with E-state index in [1.54, 1.807) is 6.20 Å². The molecule has 2 rings (SSSR count). The molecule has 114 valence electrons. The van der Waals surface area contributed by atoms with Gasteiger partial charge in [-0.2, -0.15) is 13.2 Å². The van der Waals surface area contributed by atoms with Gasteiger partial charge in [-0.3, -0.25) is 0 Å². The lowest BCUT2D eigenvalue weighted by molar-refractivity contribution is -0.137. The van der Waals surface area contributed by atoms with E-state index in [4.69, 9.17) is 5.11 Å². The van der Waals surface area contributed by atoms with E-state index in [0.29, 0.717) is 25.3 Å². The zero-order chi connectivity index (χ0) is 15.3. The van der Waals surface area contributed by atoms with Gasteiger partial charge in [0.2, 0.25) is 0 Å². The van der Waals surface area contributed by atoms with Gasteiger partial charge in [-0.25, -0.2) is 4.68 Å². The number of halogens is 3. The summed E-state index contributed by atoms with van der Waals surface area (Å²) in [6.45, 7) is 1.26. The number of hydrogen-bond acceptors (Lipinski definition) is 4. The molecule has 21 heavy (non-hydrogen) atoms. The summed E-state index contributed by atoms with van der Waals surface area (Å²) < 4.78 is 38.7. The van der Waals surface area contributed by atoms with E-state index in [0.717, 1.165) is 17.7 Å². The first kappa shape index (κ1) is 15.5. The molecule has 0 unspecified atom stereocenters. The molecule has 0 radical (unpaired) electrons. The number of rotatable bonds is 6. The molecular formula is C13H15F3N4O. The van der Waals surface area contributed by atoms with Crippen LogP contribution in [-0.2, 0) is 25.8 Å². The van der Waals surface area contributed by atoms with Gasteiger partial charge in [0.05, 0.1) is 24.4 Å². The number of aliphatic hydroxyl groups excluding tert-OH is 1. The van der Waals surface area contributed by atoms with Crippen LogP contribution in [0.15, 0.2) is 30.5 Å². The van der Waals surface area contributed by atoms with E-state index < -0.39 is 11.7 Å². The van der Waals surface area contributed by atoms with Gasteiger partial charge in [-0.1, -0.05) is 17.3 Å². The number of nitrogens with zero attached hydrogens (tertiary/aromatic N) is 3. The van der Waals surface area contributed by atoms with Crippen molar-refractivity contribution in [1.29, 1.82) is 0 Å². The molecule has 2 aromatic rings. The van der Waals surface area contributed by atoms with Gasteiger partial charge < -0.3 is 10.4 Å². The summed E-state index contributed by atoms with van der Waals surface area (Å²) in [5, 5.41) is 19.5. The Morgan fingerprint density at radius 1 is 1.14 bits per heavy atom. The topological polar surface area (TPSA) is 63.0 Å². The van der Waals surface area contributed by atoms with Crippen molar-refractivity contribution in [2.24, 2.45) is 0 Å². The highest BCUT2D eigenvalue weighted by atomic mass is 19.4. The highest BCUT2D eigenvalue weighted by Gasteiger charge is 2.29. The molecule has 8 heteroatoms. The number of alkyl halides is 3. The first-order valence-corrected chi connectivity index (χ1v) is 6.36. The third kappa shape index (κ3) is 4.54. The molecule has 0 fully saturated rings. The molecule has 0 spiro atoms. The zero-order valence-electron chi connectivity index (χ0n) is 11.1. The normalized spacial score (nSPS) is 11.8. The maximum atomic E-state index is 12.4. The van der Waals surface area contributed by atoms with Crippen LogP contribution in [0.2, 0.25) is 0 Å². The van der Waals surface area contributed by atoms with Crippen LogP contribution in [0.1, 0.15) is 16.8 Å². The minimum absolute atomic E-state index is 0.0121. The van der Waals surface area contributed by atoms with Crippen LogP contribution >= 0.6 is 0 Å². The molecule has 5 nitrogen and oxygen atoms in total. The van der Waals surface area contributed by atoms with Gasteiger partial charge in [0.1, 0.15) is 0 Å². The molecule has 0 amide bonds. The first-order chi connectivity index (χ1) is 9.99. The molecule has 0 atom stereocenters. The van der Waals surface area contributed by atoms with Crippen LogP contribution in [0, 0.1) is 0 Å². The predicted molar refractivity (Wildman–Crippen MR) is 69.1 cm³/mol. The highest BCUT2D eigenvalue weighted by molar-refractivity contribution is 5.24. The molecule has 0 saturated carbocycles. The summed E-state index contributed by atoms with van der Waals surface area (Å²) in [4.78, 5) is 0. The SMILES string of the molecule is OCCn1cc(CNCc2ccc(C(F)(F)F)cc2)nn1. The van der Waals surface area contributed by atoms with Gasteiger partial charge in [-0.15, -0.1) is 5.10 Å². The third-order valence-corrected chi connectivity index (χ3v) is 2.83. The van der Waals surface area contributed by atoms with Crippen molar-refractivity contribution in [2.75, 3.05) is 6.61 Å². The van der Waals surface area contributed by atoms with E-state index in [1.807, 2.05) is 0 Å². The van der Waals surface area contributed by atoms with Gasteiger partial charge in [0.15, 0.2) is 0 Å². The Morgan fingerprint density at radius 3 is 2.48 bits per heavy atom. The third-order valence-electron chi connectivity index (χ3n) is 2.83. The molecule has 1 aromatic carbocycles. The minimum Gasteiger partial charge on any atom is -0.394 e. The van der Waals surface area contributed by atoms with Crippen molar-refractivity contribution in [2.45, 2.75) is 25.8 Å². The summed E-state index contributed by atoms with van der Waals surface area (Å²) >= 11 is 0. The quantitative estimate of drug-likeness (QED) is 0.850. The molecule has 0 aliphatic heterocycles. The fourth-order valence-electron chi connectivity index (χ4n) is 1.78. The van der Waals surface area contributed by atoms with Crippen LogP contribution in [0.3, 0.4) is 0 Å². The predicted octanol–water partition coefficient (Wildman–Crippen LogP) is 1.58. The van der Waals surface area contributed by atoms with Crippen molar-refractivity contribution in [3.8, 4) is 0 Å². The molecule has 0 bridgehead atoms. The van der Waals surface area contributed by atoms with E-state index in [9.17, 15) is 13.2 Å². The number of hydrogen-bond donors (Lipinski definition) is 2. The van der Waals surface area contributed by atoms with Crippen molar-refractivity contribution < 1.29 is 18.3 Å². The summed E-state index contributed by atoms with van der Waals surface area (Å²) in [6.07, 6.45) is -2.60. The van der Waals surface area contributed by atoms with Crippen LogP contribution in [-0.4, -0.2) is 26.7 Å².